The van der Waals surface area contributed by atoms with Crippen molar-refractivity contribution in [2.75, 3.05) is 17.6 Å². The van der Waals surface area contributed by atoms with Gasteiger partial charge in [0.1, 0.15) is 11.6 Å². The van der Waals surface area contributed by atoms with Crippen LogP contribution in [0.15, 0.2) is 24.3 Å². The molecule has 1 saturated heterocycles. The lowest BCUT2D eigenvalue weighted by atomic mass is 10.1. The Labute approximate surface area is 192 Å². The van der Waals surface area contributed by atoms with Gasteiger partial charge >= 0.3 is 18.0 Å². The van der Waals surface area contributed by atoms with Crippen LogP contribution in [0.4, 0.5) is 10.5 Å². The molecule has 1 heterocycles. The minimum atomic E-state index is -1.11. The van der Waals surface area contributed by atoms with Crippen molar-refractivity contribution in [3.8, 4) is 0 Å². The van der Waals surface area contributed by atoms with E-state index >= 15 is 0 Å². The monoisotopic (exact) mass is 465 g/mol. The topological polar surface area (TPSA) is 125 Å². The predicted octanol–water partition coefficient (Wildman–Crippen LogP) is 3.31. The van der Waals surface area contributed by atoms with Gasteiger partial charge in [0.2, 0.25) is 5.91 Å². The summed E-state index contributed by atoms with van der Waals surface area (Å²) in [5.41, 5.74) is -0.341. The molecule has 3 N–H and O–H groups in total. The molecule has 1 aliphatic rings. The van der Waals surface area contributed by atoms with Crippen LogP contribution >= 0.6 is 11.8 Å². The van der Waals surface area contributed by atoms with Crippen LogP contribution in [0.1, 0.15) is 57.3 Å². The van der Waals surface area contributed by atoms with Crippen molar-refractivity contribution >= 4 is 41.3 Å². The van der Waals surface area contributed by atoms with Crippen LogP contribution in [0.2, 0.25) is 0 Å². The highest BCUT2D eigenvalue weighted by molar-refractivity contribution is 8.00. The van der Waals surface area contributed by atoms with Crippen LogP contribution in [0.3, 0.4) is 0 Å². The number of esters is 1. The Balaban J connectivity index is 2.02. The Morgan fingerprint density at radius 1 is 1.25 bits per heavy atom. The van der Waals surface area contributed by atoms with E-state index in [2.05, 4.69) is 17.6 Å². The number of anilines is 1. The number of carboxylic acids is 1. The number of nitrogens with zero attached hydrogens (tertiary/aromatic N) is 1. The molecule has 0 radical (unpaired) electrons. The zero-order valence-corrected chi connectivity index (χ0v) is 19.7. The number of unbranched alkanes of at least 4 members (excludes halogenated alkanes) is 1. The third kappa shape index (κ3) is 7.44. The number of ether oxygens (including phenoxy) is 1. The fraction of sp³-hybridized carbons (Fsp3) is 0.545. The number of aromatic carboxylic acids is 1. The summed E-state index contributed by atoms with van der Waals surface area (Å²) in [6.45, 7) is 7.09. The highest BCUT2D eigenvalue weighted by atomic mass is 32.2. The van der Waals surface area contributed by atoms with Gasteiger partial charge in [0.25, 0.3) is 0 Å². The molecule has 1 aromatic carbocycles. The molecule has 3 amide bonds. The summed E-state index contributed by atoms with van der Waals surface area (Å²) >= 11 is 1.54. The number of benzene rings is 1. The number of hydrogen-bond acceptors (Lipinski definition) is 6. The lowest BCUT2D eigenvalue weighted by Gasteiger charge is -2.30. The molecular weight excluding hydrogens is 434 g/mol. The van der Waals surface area contributed by atoms with Gasteiger partial charge in [-0.25, -0.2) is 14.4 Å². The molecular formula is C22H31N3O6S. The van der Waals surface area contributed by atoms with Gasteiger partial charge in [-0.1, -0.05) is 25.8 Å². The van der Waals surface area contributed by atoms with E-state index in [0.717, 1.165) is 19.3 Å². The maximum atomic E-state index is 13.0. The Morgan fingerprint density at radius 3 is 2.59 bits per heavy atom. The Hall–Kier alpha value is -2.75. The number of carbonyl (C=O) groups is 4. The molecule has 176 valence electrons. The van der Waals surface area contributed by atoms with E-state index in [0.29, 0.717) is 11.4 Å². The SMILES string of the molecule is CCCCC1SC[C@@H](C(=O)OC(C)(C)C)N1C(=O)CNC(=O)Nc1cccc(C(=O)O)c1. The molecule has 1 aromatic rings. The average Bonchev–Trinajstić information content (AvgIpc) is 3.13. The van der Waals surface area contributed by atoms with Crippen LogP contribution in [-0.2, 0) is 14.3 Å². The van der Waals surface area contributed by atoms with Gasteiger partial charge in [-0.05, 0) is 45.4 Å². The molecule has 0 aliphatic carbocycles. The Bertz CT molecular complexity index is 854. The number of rotatable bonds is 8. The molecule has 0 saturated carbocycles. The predicted molar refractivity (Wildman–Crippen MR) is 123 cm³/mol. The fourth-order valence-corrected chi connectivity index (χ4v) is 4.66. The van der Waals surface area contributed by atoms with E-state index in [-0.39, 0.29) is 23.4 Å². The first-order valence-electron chi connectivity index (χ1n) is 10.6. The van der Waals surface area contributed by atoms with Crippen LogP contribution < -0.4 is 10.6 Å². The summed E-state index contributed by atoms with van der Waals surface area (Å²) in [7, 11) is 0. The van der Waals surface area contributed by atoms with E-state index in [1.807, 2.05) is 0 Å². The van der Waals surface area contributed by atoms with Gasteiger partial charge in [-0.15, -0.1) is 11.8 Å². The number of hydrogen-bond donors (Lipinski definition) is 3. The molecule has 10 heteroatoms. The van der Waals surface area contributed by atoms with Crippen LogP contribution in [0.5, 0.6) is 0 Å². The van der Waals surface area contributed by atoms with Crippen molar-refractivity contribution in [2.24, 2.45) is 0 Å². The standard InChI is InChI=1S/C22H31N3O6S/c1-5-6-10-18-25(16(13-32-18)20(29)31-22(2,3)4)17(26)12-23-21(30)24-15-9-7-8-14(11-15)19(27)28/h7-9,11,16,18H,5-6,10,12-13H2,1-4H3,(H,27,28)(H2,23,24,30)/t16-,18?/m0/s1. The van der Waals surface area contributed by atoms with Crippen LogP contribution in [0, 0.1) is 0 Å². The van der Waals surface area contributed by atoms with E-state index in [1.165, 1.54) is 23.1 Å². The number of amides is 3. The Kier molecular flexibility index (Phi) is 8.94. The van der Waals surface area contributed by atoms with Gasteiger partial charge in [-0.3, -0.25) is 4.79 Å². The molecule has 0 spiro atoms. The zero-order valence-electron chi connectivity index (χ0n) is 18.8. The lowest BCUT2D eigenvalue weighted by Crippen LogP contribution is -2.51. The second-order valence-corrected chi connectivity index (χ2v) is 9.68. The highest BCUT2D eigenvalue weighted by Crippen LogP contribution is 2.33. The molecule has 1 aliphatic heterocycles. The summed E-state index contributed by atoms with van der Waals surface area (Å²) < 4.78 is 5.50. The van der Waals surface area contributed by atoms with Crippen molar-refractivity contribution in [2.45, 2.75) is 64.0 Å². The van der Waals surface area contributed by atoms with Crippen molar-refractivity contribution in [1.82, 2.24) is 10.2 Å². The van der Waals surface area contributed by atoms with Gasteiger partial charge in [0.15, 0.2) is 0 Å². The fourth-order valence-electron chi connectivity index (χ4n) is 3.20. The number of thioether (sulfide) groups is 1. The molecule has 1 fully saturated rings. The Morgan fingerprint density at radius 2 is 1.97 bits per heavy atom. The largest absolute Gasteiger partial charge is 0.478 e. The van der Waals surface area contributed by atoms with Crippen LogP contribution in [0.25, 0.3) is 0 Å². The summed E-state index contributed by atoms with van der Waals surface area (Å²) in [6.07, 6.45) is 2.63. The molecule has 2 rings (SSSR count). The third-order valence-electron chi connectivity index (χ3n) is 4.63. The minimum Gasteiger partial charge on any atom is -0.478 e. The molecule has 2 atom stereocenters. The number of nitrogens with one attached hydrogen (secondary N) is 2. The van der Waals surface area contributed by atoms with Gasteiger partial charge in [0, 0.05) is 11.4 Å². The maximum Gasteiger partial charge on any atom is 0.335 e. The number of carbonyl (C=O) groups excluding carboxylic acids is 3. The summed E-state index contributed by atoms with van der Waals surface area (Å²) in [6, 6.07) is 4.44. The van der Waals surface area contributed by atoms with E-state index in [9.17, 15) is 19.2 Å². The first kappa shape index (κ1) is 25.5. The second-order valence-electron chi connectivity index (χ2n) is 8.47. The average molecular weight is 466 g/mol. The molecule has 0 aromatic heterocycles. The molecule has 0 bridgehead atoms. The second kappa shape index (κ2) is 11.2. The van der Waals surface area contributed by atoms with Gasteiger partial charge in [-0.2, -0.15) is 0 Å². The van der Waals surface area contributed by atoms with Crippen molar-refractivity contribution in [3.63, 3.8) is 0 Å². The van der Waals surface area contributed by atoms with E-state index < -0.39 is 29.6 Å². The maximum absolute atomic E-state index is 13.0. The van der Waals surface area contributed by atoms with Gasteiger partial charge < -0.3 is 25.4 Å². The molecule has 9 nitrogen and oxygen atoms in total. The first-order valence-corrected chi connectivity index (χ1v) is 11.6. The van der Waals surface area contributed by atoms with Gasteiger partial charge in [0.05, 0.1) is 17.5 Å². The minimum absolute atomic E-state index is 0.0342. The van der Waals surface area contributed by atoms with Crippen molar-refractivity contribution in [1.29, 1.82) is 0 Å². The summed E-state index contributed by atoms with van der Waals surface area (Å²) in [5.74, 6) is -1.49. The quantitative estimate of drug-likeness (QED) is 0.503. The highest BCUT2D eigenvalue weighted by Gasteiger charge is 2.42. The van der Waals surface area contributed by atoms with E-state index in [1.54, 1.807) is 38.6 Å². The number of urea groups is 1. The summed E-state index contributed by atoms with van der Waals surface area (Å²) in [5, 5.41) is 13.9. The lowest BCUT2D eigenvalue weighted by molar-refractivity contribution is -0.163. The third-order valence-corrected chi connectivity index (χ3v) is 5.99. The van der Waals surface area contributed by atoms with E-state index in [4.69, 9.17) is 9.84 Å². The molecule has 1 unspecified atom stereocenters. The van der Waals surface area contributed by atoms with Crippen molar-refractivity contribution < 1.29 is 29.0 Å². The zero-order chi connectivity index (χ0) is 23.9. The summed E-state index contributed by atoms with van der Waals surface area (Å²) in [4.78, 5) is 50.5. The number of carboxylic acid groups (broad SMARTS) is 1. The smallest absolute Gasteiger partial charge is 0.335 e. The van der Waals surface area contributed by atoms with Crippen molar-refractivity contribution in [3.05, 3.63) is 29.8 Å². The van der Waals surface area contributed by atoms with Crippen LogP contribution in [-0.4, -0.2) is 63.2 Å². The first-order chi connectivity index (χ1) is 15.0. The molecule has 32 heavy (non-hydrogen) atoms. The normalized spacial score (nSPS) is 18.2.